The average molecular weight is 292 g/mol. The van der Waals surface area contributed by atoms with Crippen LogP contribution in [0, 0.1) is 0 Å². The predicted octanol–water partition coefficient (Wildman–Crippen LogP) is 1.95. The van der Waals surface area contributed by atoms with Crippen molar-refractivity contribution in [2.45, 2.75) is 32.1 Å². The van der Waals surface area contributed by atoms with Gasteiger partial charge in [-0.2, -0.15) is 0 Å². The minimum atomic E-state index is -1.07. The Morgan fingerprint density at radius 3 is 2.48 bits per heavy atom. The van der Waals surface area contributed by atoms with Crippen LogP contribution in [0.3, 0.4) is 0 Å². The van der Waals surface area contributed by atoms with Crippen LogP contribution in [0.4, 0.5) is 0 Å². The van der Waals surface area contributed by atoms with Crippen LogP contribution in [0.5, 0.6) is 5.75 Å². The zero-order valence-corrected chi connectivity index (χ0v) is 12.0. The summed E-state index contributed by atoms with van der Waals surface area (Å²) >= 11 is 0. The first-order valence-corrected chi connectivity index (χ1v) is 7.26. The van der Waals surface area contributed by atoms with Crippen LogP contribution >= 0.6 is 0 Å². The first kappa shape index (κ1) is 15.3. The van der Waals surface area contributed by atoms with E-state index < -0.39 is 5.97 Å². The van der Waals surface area contributed by atoms with E-state index in [2.05, 4.69) is 4.98 Å². The molecule has 0 saturated carbocycles. The number of nitrogens with zero attached hydrogens (tertiary/aromatic N) is 2. The molecule has 0 radical (unpaired) electrons. The van der Waals surface area contributed by atoms with Crippen LogP contribution in [-0.4, -0.2) is 46.6 Å². The average Bonchev–Trinajstić information content (AvgIpc) is 2.44. The van der Waals surface area contributed by atoms with Gasteiger partial charge in [-0.15, -0.1) is 0 Å². The number of carbonyl (C=O) groups excluding carboxylic acids is 1. The third-order valence-corrected chi connectivity index (χ3v) is 3.53. The maximum absolute atomic E-state index is 12.1. The molecule has 0 unspecified atom stereocenters. The van der Waals surface area contributed by atoms with Crippen LogP contribution in [0.15, 0.2) is 18.5 Å². The number of carbonyl (C=O) groups is 2. The third-order valence-electron chi connectivity index (χ3n) is 3.53. The Labute approximate surface area is 123 Å². The number of aromatic nitrogens is 1. The number of carboxylic acids is 1. The summed E-state index contributed by atoms with van der Waals surface area (Å²) in [6.07, 6.45) is 8.28. The first-order valence-electron chi connectivity index (χ1n) is 7.26. The second-order valence-corrected chi connectivity index (χ2v) is 5.15. The van der Waals surface area contributed by atoms with E-state index in [-0.39, 0.29) is 18.1 Å². The highest BCUT2D eigenvalue weighted by molar-refractivity contribution is 5.87. The zero-order chi connectivity index (χ0) is 15.1. The first-order chi connectivity index (χ1) is 10.2. The van der Waals surface area contributed by atoms with Gasteiger partial charge in [0, 0.05) is 19.3 Å². The van der Waals surface area contributed by atoms with Gasteiger partial charge >= 0.3 is 5.97 Å². The van der Waals surface area contributed by atoms with Crippen molar-refractivity contribution < 1.29 is 19.4 Å². The van der Waals surface area contributed by atoms with E-state index in [1.807, 2.05) is 4.90 Å². The van der Waals surface area contributed by atoms with Gasteiger partial charge in [0.05, 0.1) is 11.8 Å². The van der Waals surface area contributed by atoms with Crippen LogP contribution in [0.1, 0.15) is 42.5 Å². The number of rotatable bonds is 4. The second-order valence-electron chi connectivity index (χ2n) is 5.15. The van der Waals surface area contributed by atoms with Crippen molar-refractivity contribution in [3.05, 3.63) is 24.0 Å². The molecule has 1 saturated heterocycles. The molecule has 2 rings (SSSR count). The van der Waals surface area contributed by atoms with E-state index in [0.717, 1.165) is 38.8 Å². The van der Waals surface area contributed by atoms with Crippen molar-refractivity contribution in [2.24, 2.45) is 0 Å². The standard InChI is InChI=1S/C15H20N2O4/c18-14(17-6-4-2-1-3-5-7-17)11-21-13-8-12(15(19)20)9-16-10-13/h8-10H,1-7,11H2,(H,19,20). The van der Waals surface area contributed by atoms with Crippen molar-refractivity contribution in [1.29, 1.82) is 0 Å². The molecule has 0 bridgehead atoms. The summed E-state index contributed by atoms with van der Waals surface area (Å²) in [6, 6.07) is 1.37. The molecule has 1 aromatic rings. The number of likely N-dealkylation sites (tertiary alicyclic amines) is 1. The molecular formula is C15H20N2O4. The molecule has 2 heterocycles. The van der Waals surface area contributed by atoms with Gasteiger partial charge in [-0.05, 0) is 18.9 Å². The lowest BCUT2D eigenvalue weighted by Gasteiger charge is -2.24. The molecule has 21 heavy (non-hydrogen) atoms. The van der Waals surface area contributed by atoms with Crippen molar-refractivity contribution in [3.63, 3.8) is 0 Å². The van der Waals surface area contributed by atoms with Gasteiger partial charge in [-0.25, -0.2) is 4.79 Å². The van der Waals surface area contributed by atoms with Crippen LogP contribution < -0.4 is 4.74 Å². The van der Waals surface area contributed by atoms with E-state index in [0.29, 0.717) is 5.75 Å². The Bertz CT molecular complexity index is 496. The molecule has 1 N–H and O–H groups in total. The van der Waals surface area contributed by atoms with Crippen LogP contribution in [-0.2, 0) is 4.79 Å². The molecule has 1 aliphatic heterocycles. The third kappa shape index (κ3) is 4.73. The van der Waals surface area contributed by atoms with Crippen molar-refractivity contribution >= 4 is 11.9 Å². The number of carboxylic acid groups (broad SMARTS) is 1. The van der Waals surface area contributed by atoms with Gasteiger partial charge < -0.3 is 14.7 Å². The second kappa shape index (κ2) is 7.61. The fraction of sp³-hybridized carbons (Fsp3) is 0.533. The fourth-order valence-electron chi connectivity index (χ4n) is 2.35. The Morgan fingerprint density at radius 2 is 1.81 bits per heavy atom. The number of hydrogen-bond donors (Lipinski definition) is 1. The molecule has 6 nitrogen and oxygen atoms in total. The quantitative estimate of drug-likeness (QED) is 0.917. The highest BCUT2D eigenvalue weighted by Gasteiger charge is 2.15. The highest BCUT2D eigenvalue weighted by Crippen LogP contribution is 2.13. The van der Waals surface area contributed by atoms with Crippen LogP contribution in [0.25, 0.3) is 0 Å². The lowest BCUT2D eigenvalue weighted by Crippen LogP contribution is -2.37. The Balaban J connectivity index is 1.87. The predicted molar refractivity (Wildman–Crippen MR) is 76.4 cm³/mol. The molecule has 0 spiro atoms. The number of amides is 1. The lowest BCUT2D eigenvalue weighted by molar-refractivity contribution is -0.133. The summed E-state index contributed by atoms with van der Waals surface area (Å²) < 4.78 is 5.37. The van der Waals surface area contributed by atoms with Gasteiger partial charge in [0.15, 0.2) is 6.61 Å². The summed E-state index contributed by atoms with van der Waals surface area (Å²) in [5.41, 5.74) is 0.0474. The van der Waals surface area contributed by atoms with E-state index >= 15 is 0 Å². The lowest BCUT2D eigenvalue weighted by atomic mass is 10.1. The van der Waals surface area contributed by atoms with Gasteiger partial charge in [0.2, 0.25) is 0 Å². The molecule has 6 heteroatoms. The molecule has 114 valence electrons. The summed E-state index contributed by atoms with van der Waals surface area (Å²) in [5.74, 6) is -0.823. The zero-order valence-electron chi connectivity index (χ0n) is 12.0. The Hall–Kier alpha value is -2.11. The monoisotopic (exact) mass is 292 g/mol. The maximum atomic E-state index is 12.1. The molecule has 0 atom stereocenters. The normalized spacial score (nSPS) is 15.9. The highest BCUT2D eigenvalue weighted by atomic mass is 16.5. The molecule has 1 fully saturated rings. The van der Waals surface area contributed by atoms with E-state index in [1.165, 1.54) is 24.9 Å². The van der Waals surface area contributed by atoms with E-state index in [9.17, 15) is 9.59 Å². The Morgan fingerprint density at radius 1 is 1.14 bits per heavy atom. The largest absolute Gasteiger partial charge is 0.482 e. The Kier molecular flexibility index (Phi) is 5.54. The molecule has 0 aromatic carbocycles. The van der Waals surface area contributed by atoms with Gasteiger partial charge in [0.1, 0.15) is 5.75 Å². The molecule has 1 aromatic heterocycles. The van der Waals surface area contributed by atoms with E-state index in [1.54, 1.807) is 0 Å². The minimum Gasteiger partial charge on any atom is -0.482 e. The van der Waals surface area contributed by atoms with Gasteiger partial charge in [-0.1, -0.05) is 19.3 Å². The van der Waals surface area contributed by atoms with Gasteiger partial charge in [0.25, 0.3) is 5.91 Å². The van der Waals surface area contributed by atoms with E-state index in [4.69, 9.17) is 9.84 Å². The van der Waals surface area contributed by atoms with Gasteiger partial charge in [-0.3, -0.25) is 9.78 Å². The molecule has 0 aliphatic carbocycles. The molecule has 1 amide bonds. The maximum Gasteiger partial charge on any atom is 0.337 e. The summed E-state index contributed by atoms with van der Waals surface area (Å²) in [6.45, 7) is 1.47. The molecular weight excluding hydrogens is 272 g/mol. The number of pyridine rings is 1. The van der Waals surface area contributed by atoms with Crippen molar-refractivity contribution in [1.82, 2.24) is 9.88 Å². The SMILES string of the molecule is O=C(O)c1cncc(OCC(=O)N2CCCCCCC2)c1. The smallest absolute Gasteiger partial charge is 0.337 e. The summed E-state index contributed by atoms with van der Waals surface area (Å²) in [4.78, 5) is 28.6. The number of ether oxygens (including phenoxy) is 1. The minimum absolute atomic E-state index is 0.0474. The molecule has 1 aliphatic rings. The number of aromatic carboxylic acids is 1. The number of hydrogen-bond acceptors (Lipinski definition) is 4. The van der Waals surface area contributed by atoms with Crippen molar-refractivity contribution in [3.8, 4) is 5.75 Å². The van der Waals surface area contributed by atoms with Crippen LogP contribution in [0.2, 0.25) is 0 Å². The fourth-order valence-corrected chi connectivity index (χ4v) is 2.35. The topological polar surface area (TPSA) is 79.7 Å². The van der Waals surface area contributed by atoms with Crippen molar-refractivity contribution in [2.75, 3.05) is 19.7 Å². The summed E-state index contributed by atoms with van der Waals surface area (Å²) in [5, 5.41) is 8.88. The summed E-state index contributed by atoms with van der Waals surface area (Å²) in [7, 11) is 0.